The maximum absolute atomic E-state index is 13.0. The van der Waals surface area contributed by atoms with Crippen LogP contribution in [0.4, 0.5) is 4.39 Å². The monoisotopic (exact) mass is 398 g/mol. The molecule has 7 nitrogen and oxygen atoms in total. The van der Waals surface area contributed by atoms with Crippen molar-refractivity contribution in [2.45, 2.75) is 19.9 Å². The summed E-state index contributed by atoms with van der Waals surface area (Å²) in [5.41, 5.74) is 0.236. The van der Waals surface area contributed by atoms with Crippen LogP contribution >= 0.6 is 0 Å². The average Bonchev–Trinajstić information content (AvgIpc) is 2.70. The van der Waals surface area contributed by atoms with Crippen LogP contribution in [0.5, 0.6) is 17.2 Å². The number of amides is 1. The standard InChI is InChI=1S/C21H19FN2O5/c1-11-17-10-15(29-14-6-4-13(22)5-7-14)8-9-16(17)19(25)18(23-11)20(26)24(3)12(2)21(27)28/h4-10,12,25H,1-3H3,(H,27,28). The maximum atomic E-state index is 13.0. The predicted molar refractivity (Wildman–Crippen MR) is 104 cm³/mol. The number of fused-ring (bicyclic) bond motifs is 1. The van der Waals surface area contributed by atoms with Gasteiger partial charge in [-0.3, -0.25) is 4.79 Å². The first-order valence-electron chi connectivity index (χ1n) is 8.75. The van der Waals surface area contributed by atoms with Crippen LogP contribution in [0.3, 0.4) is 0 Å². The Kier molecular flexibility index (Phi) is 5.36. The molecule has 0 aliphatic carbocycles. The third-order valence-corrected chi connectivity index (χ3v) is 4.65. The lowest BCUT2D eigenvalue weighted by Gasteiger charge is -2.22. The summed E-state index contributed by atoms with van der Waals surface area (Å²) in [7, 11) is 1.33. The number of pyridine rings is 1. The van der Waals surface area contributed by atoms with Gasteiger partial charge in [0.05, 0.1) is 0 Å². The molecule has 0 fully saturated rings. The van der Waals surface area contributed by atoms with Crippen molar-refractivity contribution in [1.82, 2.24) is 9.88 Å². The van der Waals surface area contributed by atoms with Gasteiger partial charge in [-0.05, 0) is 56.3 Å². The number of hydrogen-bond donors (Lipinski definition) is 2. The number of carboxylic acids is 1. The fourth-order valence-corrected chi connectivity index (χ4v) is 2.80. The van der Waals surface area contributed by atoms with Crippen LogP contribution in [0, 0.1) is 12.7 Å². The molecule has 1 unspecified atom stereocenters. The number of likely N-dealkylation sites (N-methyl/N-ethyl adjacent to an activating group) is 1. The number of carboxylic acid groups (broad SMARTS) is 1. The molecule has 0 bridgehead atoms. The van der Waals surface area contributed by atoms with Crippen molar-refractivity contribution in [1.29, 1.82) is 0 Å². The number of hydrogen-bond acceptors (Lipinski definition) is 5. The van der Waals surface area contributed by atoms with E-state index in [2.05, 4.69) is 4.98 Å². The molecule has 1 atom stereocenters. The second kappa shape index (κ2) is 7.75. The van der Waals surface area contributed by atoms with Gasteiger partial charge in [-0.25, -0.2) is 14.2 Å². The molecule has 1 amide bonds. The van der Waals surface area contributed by atoms with E-state index in [1.165, 1.54) is 38.2 Å². The second-order valence-electron chi connectivity index (χ2n) is 6.59. The predicted octanol–water partition coefficient (Wildman–Crippen LogP) is 3.73. The Morgan fingerprint density at radius 1 is 1.10 bits per heavy atom. The van der Waals surface area contributed by atoms with E-state index in [0.717, 1.165) is 4.90 Å². The number of aromatic nitrogens is 1. The molecule has 0 aliphatic heterocycles. The first-order chi connectivity index (χ1) is 13.7. The molecule has 150 valence electrons. The maximum Gasteiger partial charge on any atom is 0.326 e. The second-order valence-corrected chi connectivity index (χ2v) is 6.59. The van der Waals surface area contributed by atoms with E-state index < -0.39 is 17.9 Å². The number of aliphatic carboxylic acids is 1. The molecule has 3 rings (SSSR count). The van der Waals surface area contributed by atoms with Gasteiger partial charge in [0.25, 0.3) is 5.91 Å². The lowest BCUT2D eigenvalue weighted by atomic mass is 10.1. The molecule has 0 saturated heterocycles. The number of ether oxygens (including phenoxy) is 1. The molecule has 0 radical (unpaired) electrons. The molecule has 1 aromatic heterocycles. The fourth-order valence-electron chi connectivity index (χ4n) is 2.80. The first-order valence-corrected chi connectivity index (χ1v) is 8.75. The highest BCUT2D eigenvalue weighted by atomic mass is 19.1. The minimum atomic E-state index is -1.17. The minimum absolute atomic E-state index is 0.224. The number of aryl methyl sites for hydroxylation is 1. The van der Waals surface area contributed by atoms with E-state index in [1.807, 2.05) is 0 Å². The smallest absolute Gasteiger partial charge is 0.326 e. The zero-order valence-electron chi connectivity index (χ0n) is 16.0. The average molecular weight is 398 g/mol. The lowest BCUT2D eigenvalue weighted by Crippen LogP contribution is -2.40. The van der Waals surface area contributed by atoms with Crippen LogP contribution in [0.1, 0.15) is 23.1 Å². The van der Waals surface area contributed by atoms with Crippen molar-refractivity contribution in [3.63, 3.8) is 0 Å². The van der Waals surface area contributed by atoms with Gasteiger partial charge in [0.15, 0.2) is 11.4 Å². The Morgan fingerprint density at radius 3 is 2.34 bits per heavy atom. The van der Waals surface area contributed by atoms with Gasteiger partial charge >= 0.3 is 5.97 Å². The first kappa shape index (κ1) is 20.1. The molecular formula is C21H19FN2O5. The van der Waals surface area contributed by atoms with Crippen LogP contribution in [0.15, 0.2) is 42.5 Å². The molecule has 0 spiro atoms. The van der Waals surface area contributed by atoms with Crippen LogP contribution in [-0.2, 0) is 4.79 Å². The van der Waals surface area contributed by atoms with E-state index in [9.17, 15) is 19.1 Å². The van der Waals surface area contributed by atoms with Gasteiger partial charge in [-0.2, -0.15) is 0 Å². The topological polar surface area (TPSA) is 100.0 Å². The van der Waals surface area contributed by atoms with Gasteiger partial charge in [0.1, 0.15) is 23.4 Å². The molecule has 1 heterocycles. The molecule has 0 aliphatic rings. The van der Waals surface area contributed by atoms with Gasteiger partial charge in [-0.15, -0.1) is 0 Å². The molecule has 2 N–H and O–H groups in total. The van der Waals surface area contributed by atoms with Gasteiger partial charge in [-0.1, -0.05) is 0 Å². The molecule has 29 heavy (non-hydrogen) atoms. The molecule has 2 aromatic carbocycles. The van der Waals surface area contributed by atoms with Gasteiger partial charge < -0.3 is 19.8 Å². The highest BCUT2D eigenvalue weighted by Crippen LogP contribution is 2.34. The number of nitrogens with zero attached hydrogens (tertiary/aromatic N) is 2. The Labute approximate surface area is 166 Å². The lowest BCUT2D eigenvalue weighted by molar-refractivity contribution is -0.141. The van der Waals surface area contributed by atoms with Gasteiger partial charge in [0, 0.05) is 23.5 Å². The fraction of sp³-hybridized carbons (Fsp3) is 0.190. The SMILES string of the molecule is Cc1nc(C(=O)N(C)C(C)C(=O)O)c(O)c2ccc(Oc3ccc(F)cc3)cc12. The summed E-state index contributed by atoms with van der Waals surface area (Å²) in [6.07, 6.45) is 0. The van der Waals surface area contributed by atoms with E-state index in [-0.39, 0.29) is 17.3 Å². The molecule has 8 heteroatoms. The number of rotatable bonds is 5. The van der Waals surface area contributed by atoms with Gasteiger partial charge in [0.2, 0.25) is 0 Å². The normalized spacial score (nSPS) is 11.9. The summed E-state index contributed by atoms with van der Waals surface area (Å²) >= 11 is 0. The number of carbonyl (C=O) groups excluding carboxylic acids is 1. The summed E-state index contributed by atoms with van der Waals surface area (Å²) in [6, 6.07) is 9.29. The number of halogens is 1. The Bertz CT molecular complexity index is 1100. The summed E-state index contributed by atoms with van der Waals surface area (Å²) in [5, 5.41) is 20.6. The molecule has 0 saturated carbocycles. The number of carbonyl (C=O) groups is 2. The van der Waals surface area contributed by atoms with E-state index in [0.29, 0.717) is 28.0 Å². The van der Waals surface area contributed by atoms with E-state index >= 15 is 0 Å². The minimum Gasteiger partial charge on any atom is -0.505 e. The van der Waals surface area contributed by atoms with Crippen LogP contribution in [0.25, 0.3) is 10.8 Å². The Hall–Kier alpha value is -3.68. The number of benzene rings is 2. The van der Waals surface area contributed by atoms with Crippen molar-refractivity contribution in [2.75, 3.05) is 7.05 Å². The van der Waals surface area contributed by atoms with Crippen molar-refractivity contribution in [3.8, 4) is 17.2 Å². The van der Waals surface area contributed by atoms with Crippen LogP contribution in [0.2, 0.25) is 0 Å². The summed E-state index contributed by atoms with van der Waals surface area (Å²) < 4.78 is 18.7. The number of aromatic hydroxyl groups is 1. The zero-order valence-corrected chi connectivity index (χ0v) is 16.0. The van der Waals surface area contributed by atoms with Crippen molar-refractivity contribution < 1.29 is 28.9 Å². The third-order valence-electron chi connectivity index (χ3n) is 4.65. The van der Waals surface area contributed by atoms with Crippen molar-refractivity contribution in [3.05, 3.63) is 59.7 Å². The quantitative estimate of drug-likeness (QED) is 0.679. The van der Waals surface area contributed by atoms with Crippen molar-refractivity contribution >= 4 is 22.6 Å². The molecule has 3 aromatic rings. The third kappa shape index (κ3) is 3.96. The van der Waals surface area contributed by atoms with E-state index in [4.69, 9.17) is 9.84 Å². The Balaban J connectivity index is 1.98. The zero-order chi connectivity index (χ0) is 21.3. The largest absolute Gasteiger partial charge is 0.505 e. The Morgan fingerprint density at radius 2 is 1.72 bits per heavy atom. The highest BCUT2D eigenvalue weighted by molar-refractivity contribution is 6.03. The van der Waals surface area contributed by atoms with Crippen molar-refractivity contribution in [2.24, 2.45) is 0 Å². The van der Waals surface area contributed by atoms with Crippen LogP contribution < -0.4 is 4.74 Å². The molecular weight excluding hydrogens is 379 g/mol. The summed E-state index contributed by atoms with van der Waals surface area (Å²) in [6.45, 7) is 3.03. The van der Waals surface area contributed by atoms with E-state index in [1.54, 1.807) is 25.1 Å². The van der Waals surface area contributed by atoms with Crippen LogP contribution in [-0.4, -0.2) is 45.1 Å². The summed E-state index contributed by atoms with van der Waals surface area (Å²) in [5.74, 6) is -1.69. The summed E-state index contributed by atoms with van der Waals surface area (Å²) in [4.78, 5) is 28.9. The highest BCUT2D eigenvalue weighted by Gasteiger charge is 2.27.